The highest BCUT2D eigenvalue weighted by Gasteiger charge is 2.67. The fourth-order valence-electron chi connectivity index (χ4n) is 4.63. The van der Waals surface area contributed by atoms with Crippen molar-refractivity contribution in [3.63, 3.8) is 0 Å². The van der Waals surface area contributed by atoms with Gasteiger partial charge in [-0.2, -0.15) is 5.26 Å². The Morgan fingerprint density at radius 1 is 0.833 bits per heavy atom. The van der Waals surface area contributed by atoms with E-state index in [1.54, 1.807) is 36.4 Å². The number of carbonyl (C=O) groups is 3. The van der Waals surface area contributed by atoms with Crippen LogP contribution in [0.25, 0.3) is 0 Å². The Balaban J connectivity index is 1.93. The van der Waals surface area contributed by atoms with Gasteiger partial charge in [-0.25, -0.2) is 0 Å². The van der Waals surface area contributed by atoms with Crippen molar-refractivity contribution in [3.05, 3.63) is 71.3 Å². The summed E-state index contributed by atoms with van der Waals surface area (Å²) < 4.78 is 11.2. The molecule has 0 bridgehead atoms. The number of hydrogen-bond acceptors (Lipinski definition) is 6. The number of rotatable bonds is 2. The molecule has 2 aromatic rings. The number of carbonyl (C=O) groups excluding carboxylic acids is 3. The van der Waals surface area contributed by atoms with E-state index in [4.69, 9.17) is 14.7 Å². The quantitative estimate of drug-likeness (QED) is 0.562. The molecule has 6 heteroatoms. The van der Waals surface area contributed by atoms with E-state index in [0.717, 1.165) is 0 Å². The molecule has 1 aliphatic heterocycles. The normalized spacial score (nSPS) is 24.6. The molecule has 0 N–H and O–H groups in total. The molecule has 4 rings (SSSR count). The number of ketones is 1. The number of Topliss-reactive ketones (excluding diaryl/α,β-unsaturated/α-hetero) is 1. The third kappa shape index (κ3) is 3.07. The van der Waals surface area contributed by atoms with Gasteiger partial charge in [-0.05, 0) is 23.3 Å². The first kappa shape index (κ1) is 19.8. The lowest BCUT2D eigenvalue weighted by Crippen LogP contribution is -2.61. The summed E-state index contributed by atoms with van der Waals surface area (Å²) >= 11 is 0. The van der Waals surface area contributed by atoms with Gasteiger partial charge in [0.1, 0.15) is 5.78 Å². The van der Waals surface area contributed by atoms with Gasteiger partial charge in [0.05, 0.1) is 11.6 Å². The second kappa shape index (κ2) is 7.10. The lowest BCUT2D eigenvalue weighted by Gasteiger charge is -2.49. The van der Waals surface area contributed by atoms with Crippen LogP contribution in [0, 0.1) is 16.7 Å². The molecule has 0 radical (unpaired) electrons. The van der Waals surface area contributed by atoms with Crippen LogP contribution in [0.1, 0.15) is 55.2 Å². The SMILES string of the molecule is CC1(C)OC(=O)C2(C(=O)O1)[C@@H](c1ccccc1)CC(=O)C[C@H]2c1ccc(C#N)cc1. The number of cyclic esters (lactones) is 2. The highest BCUT2D eigenvalue weighted by Crippen LogP contribution is 2.57. The minimum Gasteiger partial charge on any atom is -0.422 e. The van der Waals surface area contributed by atoms with E-state index < -0.39 is 35.0 Å². The fraction of sp³-hybridized carbons (Fsp3) is 0.333. The Morgan fingerprint density at radius 3 is 1.83 bits per heavy atom. The molecule has 1 saturated carbocycles. The molecule has 2 atom stereocenters. The van der Waals surface area contributed by atoms with Crippen molar-refractivity contribution in [1.29, 1.82) is 5.26 Å². The van der Waals surface area contributed by atoms with Crippen LogP contribution in [0.15, 0.2) is 54.6 Å². The molecular weight excluding hydrogens is 382 g/mol. The average Bonchev–Trinajstić information content (AvgIpc) is 2.72. The number of benzene rings is 2. The second-order valence-electron chi connectivity index (χ2n) is 8.24. The van der Waals surface area contributed by atoms with Gasteiger partial charge in [-0.3, -0.25) is 14.4 Å². The fourth-order valence-corrected chi connectivity index (χ4v) is 4.63. The molecule has 1 aliphatic carbocycles. The Hall–Kier alpha value is -3.46. The van der Waals surface area contributed by atoms with E-state index >= 15 is 0 Å². The standard InChI is InChI=1S/C24H21NO5/c1-23(2)29-21(27)24(22(28)30-23)19(16-6-4-3-5-7-16)12-18(26)13-20(24)17-10-8-15(14-25)9-11-17/h3-11,19-20H,12-13H2,1-2H3/t19-,20+/m1/s1. The molecule has 30 heavy (non-hydrogen) atoms. The molecule has 0 unspecified atom stereocenters. The van der Waals surface area contributed by atoms with Gasteiger partial charge in [0.15, 0.2) is 5.41 Å². The lowest BCUT2D eigenvalue weighted by atomic mass is 9.55. The van der Waals surface area contributed by atoms with Crippen LogP contribution >= 0.6 is 0 Å². The monoisotopic (exact) mass is 403 g/mol. The van der Waals surface area contributed by atoms with Gasteiger partial charge in [0.25, 0.3) is 5.79 Å². The first-order valence-electron chi connectivity index (χ1n) is 9.81. The van der Waals surface area contributed by atoms with Crippen molar-refractivity contribution in [1.82, 2.24) is 0 Å². The van der Waals surface area contributed by atoms with Gasteiger partial charge in [0.2, 0.25) is 0 Å². The predicted octanol–water partition coefficient (Wildman–Crippen LogP) is 3.61. The van der Waals surface area contributed by atoms with Crippen LogP contribution in [-0.2, 0) is 23.9 Å². The summed E-state index contributed by atoms with van der Waals surface area (Å²) in [6.07, 6.45) is 0.0568. The highest BCUT2D eigenvalue weighted by atomic mass is 16.7. The number of nitriles is 1. The summed E-state index contributed by atoms with van der Waals surface area (Å²) in [5.41, 5.74) is 0.0951. The summed E-state index contributed by atoms with van der Waals surface area (Å²) in [6.45, 7) is 3.02. The van der Waals surface area contributed by atoms with E-state index in [1.165, 1.54) is 13.8 Å². The summed E-state index contributed by atoms with van der Waals surface area (Å²) in [7, 11) is 0. The summed E-state index contributed by atoms with van der Waals surface area (Å²) in [5, 5.41) is 9.10. The highest BCUT2D eigenvalue weighted by molar-refractivity contribution is 6.06. The Kier molecular flexibility index (Phi) is 4.70. The van der Waals surface area contributed by atoms with Gasteiger partial charge in [0, 0.05) is 38.5 Å². The average molecular weight is 403 g/mol. The third-order valence-electron chi connectivity index (χ3n) is 5.96. The molecule has 1 heterocycles. The smallest absolute Gasteiger partial charge is 0.328 e. The van der Waals surface area contributed by atoms with Crippen molar-refractivity contribution in [2.75, 3.05) is 0 Å². The zero-order valence-electron chi connectivity index (χ0n) is 16.8. The molecule has 1 saturated heterocycles. The first-order chi connectivity index (χ1) is 14.3. The zero-order chi connectivity index (χ0) is 21.5. The number of esters is 2. The van der Waals surface area contributed by atoms with E-state index in [-0.39, 0.29) is 18.6 Å². The molecule has 1 spiro atoms. The molecule has 0 amide bonds. The van der Waals surface area contributed by atoms with Gasteiger partial charge in [-0.15, -0.1) is 0 Å². The van der Waals surface area contributed by atoms with E-state index in [0.29, 0.717) is 16.7 Å². The summed E-state index contributed by atoms with van der Waals surface area (Å²) in [6, 6.07) is 17.7. The molecule has 2 aliphatic rings. The van der Waals surface area contributed by atoms with Crippen molar-refractivity contribution >= 4 is 17.7 Å². The molecule has 2 aromatic carbocycles. The van der Waals surface area contributed by atoms with Crippen molar-refractivity contribution in [2.45, 2.75) is 44.3 Å². The van der Waals surface area contributed by atoms with Gasteiger partial charge < -0.3 is 9.47 Å². The van der Waals surface area contributed by atoms with Crippen molar-refractivity contribution < 1.29 is 23.9 Å². The van der Waals surface area contributed by atoms with Crippen molar-refractivity contribution in [3.8, 4) is 6.07 Å². The minimum absolute atomic E-state index is 0.0138. The maximum absolute atomic E-state index is 13.5. The van der Waals surface area contributed by atoms with E-state index in [9.17, 15) is 14.4 Å². The molecular formula is C24H21NO5. The largest absolute Gasteiger partial charge is 0.422 e. The Labute approximate surface area is 174 Å². The number of ether oxygens (including phenoxy) is 2. The molecule has 152 valence electrons. The van der Waals surface area contributed by atoms with E-state index in [1.807, 2.05) is 24.3 Å². The summed E-state index contributed by atoms with van der Waals surface area (Å²) in [4.78, 5) is 39.8. The number of hydrogen-bond donors (Lipinski definition) is 0. The van der Waals surface area contributed by atoms with Crippen molar-refractivity contribution in [2.24, 2.45) is 5.41 Å². The Bertz CT molecular complexity index is 1030. The maximum atomic E-state index is 13.5. The van der Waals surface area contributed by atoms with E-state index in [2.05, 4.69) is 0 Å². The van der Waals surface area contributed by atoms with Crippen LogP contribution in [0.3, 0.4) is 0 Å². The minimum atomic E-state index is -1.68. The topological polar surface area (TPSA) is 93.5 Å². The molecule has 0 aromatic heterocycles. The van der Waals surface area contributed by atoms with Crippen LogP contribution in [0.2, 0.25) is 0 Å². The second-order valence-corrected chi connectivity index (χ2v) is 8.24. The van der Waals surface area contributed by atoms with Crippen LogP contribution in [-0.4, -0.2) is 23.5 Å². The molecule has 2 fully saturated rings. The maximum Gasteiger partial charge on any atom is 0.328 e. The summed E-state index contributed by atoms with van der Waals surface area (Å²) in [5.74, 6) is -4.25. The van der Waals surface area contributed by atoms with Gasteiger partial charge >= 0.3 is 11.9 Å². The van der Waals surface area contributed by atoms with Gasteiger partial charge in [-0.1, -0.05) is 42.5 Å². The first-order valence-corrected chi connectivity index (χ1v) is 9.81. The molecule has 6 nitrogen and oxygen atoms in total. The third-order valence-corrected chi connectivity index (χ3v) is 5.96. The number of nitrogens with zero attached hydrogens (tertiary/aromatic N) is 1. The lowest BCUT2D eigenvalue weighted by molar-refractivity contribution is -0.256. The zero-order valence-corrected chi connectivity index (χ0v) is 16.8. The predicted molar refractivity (Wildman–Crippen MR) is 106 cm³/mol. The van der Waals surface area contributed by atoms with Crippen LogP contribution in [0.5, 0.6) is 0 Å². The Morgan fingerprint density at radius 2 is 1.33 bits per heavy atom. The van der Waals surface area contributed by atoms with Crippen LogP contribution in [0.4, 0.5) is 0 Å². The van der Waals surface area contributed by atoms with Crippen LogP contribution < -0.4 is 0 Å².